The molecule has 0 fully saturated rings. The first kappa shape index (κ1) is 17.6. The summed E-state index contributed by atoms with van der Waals surface area (Å²) in [6, 6.07) is 5.13. The molecule has 0 aliphatic heterocycles. The van der Waals surface area contributed by atoms with E-state index < -0.39 is 0 Å². The third-order valence-electron chi connectivity index (χ3n) is 2.25. The molecule has 0 heterocycles. The Hall–Kier alpha value is -1.44. The highest BCUT2D eigenvalue weighted by Crippen LogP contribution is 2.26. The molecule has 0 unspecified atom stereocenters. The van der Waals surface area contributed by atoms with Gasteiger partial charge in [0, 0.05) is 6.54 Å². The molecule has 0 bridgehead atoms. The molecule has 19 heavy (non-hydrogen) atoms. The molecule has 1 aromatic rings. The van der Waals surface area contributed by atoms with Crippen molar-refractivity contribution < 1.29 is 9.84 Å². The lowest BCUT2D eigenvalue weighted by Gasteiger charge is -2.06. The van der Waals surface area contributed by atoms with E-state index in [-0.39, 0.29) is 29.7 Å². The van der Waals surface area contributed by atoms with Gasteiger partial charge in [-0.2, -0.15) is 0 Å². The highest BCUT2D eigenvalue weighted by Gasteiger charge is 2.02. The summed E-state index contributed by atoms with van der Waals surface area (Å²) >= 11 is 0. The fraction of sp³-hybridized carbons (Fsp3) is 0.308. The van der Waals surface area contributed by atoms with Gasteiger partial charge in [-0.3, -0.25) is 0 Å². The zero-order valence-corrected chi connectivity index (χ0v) is 13.5. The van der Waals surface area contributed by atoms with Gasteiger partial charge in [0.25, 0.3) is 0 Å². The Morgan fingerprint density at radius 1 is 1.53 bits per heavy atom. The lowest BCUT2D eigenvalue weighted by molar-refractivity contribution is 0.373. The highest BCUT2D eigenvalue weighted by molar-refractivity contribution is 14.0. The molecule has 1 rings (SSSR count). The number of halogens is 1. The zero-order chi connectivity index (χ0) is 13.5. The minimum Gasteiger partial charge on any atom is -0.504 e. The summed E-state index contributed by atoms with van der Waals surface area (Å²) in [7, 11) is 1.51. The number of nitrogens with zero attached hydrogens (tertiary/aromatic N) is 1. The number of methoxy groups -OCH3 is 1. The van der Waals surface area contributed by atoms with Crippen LogP contribution in [0.4, 0.5) is 0 Å². The Kier molecular flexibility index (Phi) is 7.97. The standard InChI is InChI=1S/C13H19N3O2.HI/c1-9(2)7-15-13(14)16-8-10-4-5-12(18-3)11(17)6-10;/h4-6,17H,1,7-8H2,2-3H3,(H3,14,15,16);1H. The van der Waals surface area contributed by atoms with Crippen LogP contribution < -0.4 is 15.8 Å². The number of nitrogens with one attached hydrogen (secondary N) is 1. The van der Waals surface area contributed by atoms with Crippen molar-refractivity contribution >= 4 is 29.9 Å². The molecule has 0 saturated carbocycles. The van der Waals surface area contributed by atoms with Crippen molar-refractivity contribution in [1.29, 1.82) is 0 Å². The van der Waals surface area contributed by atoms with Crippen molar-refractivity contribution in [3.8, 4) is 11.5 Å². The first-order valence-electron chi connectivity index (χ1n) is 5.57. The van der Waals surface area contributed by atoms with Gasteiger partial charge >= 0.3 is 0 Å². The first-order chi connectivity index (χ1) is 8.52. The Labute approximate surface area is 130 Å². The Balaban J connectivity index is 0.00000324. The van der Waals surface area contributed by atoms with Crippen LogP contribution in [0.5, 0.6) is 11.5 Å². The number of nitrogens with two attached hydrogens (primary N) is 1. The van der Waals surface area contributed by atoms with Crippen LogP contribution in [0.1, 0.15) is 12.5 Å². The smallest absolute Gasteiger partial charge is 0.189 e. The number of phenolic OH excluding ortho intramolecular Hbond substituents is 1. The molecule has 5 nitrogen and oxygen atoms in total. The molecule has 0 radical (unpaired) electrons. The number of benzene rings is 1. The van der Waals surface area contributed by atoms with E-state index in [1.165, 1.54) is 7.11 Å². The molecule has 4 N–H and O–H groups in total. The van der Waals surface area contributed by atoms with E-state index in [9.17, 15) is 5.11 Å². The summed E-state index contributed by atoms with van der Waals surface area (Å²) in [6.07, 6.45) is 0. The molecule has 0 spiro atoms. The van der Waals surface area contributed by atoms with E-state index in [1.807, 2.05) is 13.0 Å². The molecule has 0 aliphatic carbocycles. The van der Waals surface area contributed by atoms with Crippen LogP contribution >= 0.6 is 24.0 Å². The Morgan fingerprint density at radius 2 is 2.21 bits per heavy atom. The van der Waals surface area contributed by atoms with Gasteiger partial charge in [-0.1, -0.05) is 18.2 Å². The maximum Gasteiger partial charge on any atom is 0.189 e. The minimum absolute atomic E-state index is 0. The predicted octanol–water partition coefficient (Wildman–Crippen LogP) is 2.00. The third-order valence-corrected chi connectivity index (χ3v) is 2.25. The van der Waals surface area contributed by atoms with Crippen molar-refractivity contribution in [2.24, 2.45) is 10.7 Å². The molecular formula is C13H20IN3O2. The molecule has 0 amide bonds. The van der Waals surface area contributed by atoms with E-state index in [2.05, 4.69) is 16.9 Å². The quantitative estimate of drug-likeness (QED) is 0.317. The second-order valence-corrected chi connectivity index (χ2v) is 4.02. The molecule has 106 valence electrons. The highest BCUT2D eigenvalue weighted by atomic mass is 127. The number of rotatable bonds is 5. The fourth-order valence-corrected chi connectivity index (χ4v) is 1.31. The lowest BCUT2D eigenvalue weighted by atomic mass is 10.2. The van der Waals surface area contributed by atoms with Crippen molar-refractivity contribution in [3.05, 3.63) is 35.9 Å². The van der Waals surface area contributed by atoms with Crippen LogP contribution in [-0.4, -0.2) is 24.7 Å². The second kappa shape index (κ2) is 8.63. The number of hydrogen-bond donors (Lipinski definition) is 3. The van der Waals surface area contributed by atoms with Crippen LogP contribution in [0.3, 0.4) is 0 Å². The van der Waals surface area contributed by atoms with Crippen molar-refractivity contribution in [3.63, 3.8) is 0 Å². The number of aromatic hydroxyl groups is 1. The summed E-state index contributed by atoms with van der Waals surface area (Å²) in [5.74, 6) is 0.892. The van der Waals surface area contributed by atoms with Gasteiger partial charge in [-0.05, 0) is 24.6 Å². The largest absolute Gasteiger partial charge is 0.504 e. The van der Waals surface area contributed by atoms with Crippen LogP contribution in [-0.2, 0) is 6.54 Å². The molecule has 0 saturated heterocycles. The summed E-state index contributed by atoms with van der Waals surface area (Å²) in [6.45, 7) is 6.66. The van der Waals surface area contributed by atoms with Crippen molar-refractivity contribution in [1.82, 2.24) is 5.32 Å². The fourth-order valence-electron chi connectivity index (χ4n) is 1.31. The van der Waals surface area contributed by atoms with E-state index in [0.717, 1.165) is 11.1 Å². The van der Waals surface area contributed by atoms with Gasteiger partial charge in [-0.15, -0.1) is 24.0 Å². The van der Waals surface area contributed by atoms with Gasteiger partial charge in [-0.25, -0.2) is 4.99 Å². The predicted molar refractivity (Wildman–Crippen MR) is 88.2 cm³/mol. The number of ether oxygens (including phenoxy) is 1. The van der Waals surface area contributed by atoms with Crippen LogP contribution in [0.25, 0.3) is 0 Å². The van der Waals surface area contributed by atoms with E-state index in [4.69, 9.17) is 10.5 Å². The van der Waals surface area contributed by atoms with E-state index in [1.54, 1.807) is 12.1 Å². The maximum absolute atomic E-state index is 9.60. The van der Waals surface area contributed by atoms with Gasteiger partial charge in [0.15, 0.2) is 17.5 Å². The van der Waals surface area contributed by atoms with Crippen LogP contribution in [0, 0.1) is 0 Å². The summed E-state index contributed by atoms with van der Waals surface area (Å²) in [5, 5.41) is 12.5. The summed E-state index contributed by atoms with van der Waals surface area (Å²) < 4.78 is 4.96. The second-order valence-electron chi connectivity index (χ2n) is 4.02. The topological polar surface area (TPSA) is 79.9 Å². The van der Waals surface area contributed by atoms with Gasteiger partial charge in [0.1, 0.15) is 0 Å². The average molecular weight is 377 g/mol. The number of aliphatic imine (C=N–C) groups is 1. The van der Waals surface area contributed by atoms with Crippen LogP contribution in [0.2, 0.25) is 0 Å². The zero-order valence-electron chi connectivity index (χ0n) is 11.1. The van der Waals surface area contributed by atoms with E-state index in [0.29, 0.717) is 24.8 Å². The van der Waals surface area contributed by atoms with E-state index >= 15 is 0 Å². The summed E-state index contributed by atoms with van der Waals surface area (Å²) in [4.78, 5) is 4.15. The number of phenols is 1. The van der Waals surface area contributed by atoms with Gasteiger partial charge in [0.05, 0.1) is 13.7 Å². The molecule has 0 aliphatic rings. The van der Waals surface area contributed by atoms with Gasteiger partial charge < -0.3 is 20.9 Å². The molecule has 6 heteroatoms. The first-order valence-corrected chi connectivity index (χ1v) is 5.57. The SMILES string of the molecule is C=C(C)CNC(N)=NCc1ccc(OC)c(O)c1.I. The van der Waals surface area contributed by atoms with Gasteiger partial charge in [0.2, 0.25) is 0 Å². The number of guanidine groups is 1. The van der Waals surface area contributed by atoms with Crippen molar-refractivity contribution in [2.45, 2.75) is 13.5 Å². The van der Waals surface area contributed by atoms with Crippen LogP contribution in [0.15, 0.2) is 35.3 Å². The third kappa shape index (κ3) is 6.32. The Morgan fingerprint density at radius 3 is 2.74 bits per heavy atom. The normalized spacial score (nSPS) is 10.5. The molecule has 1 aromatic carbocycles. The number of hydrogen-bond acceptors (Lipinski definition) is 3. The monoisotopic (exact) mass is 377 g/mol. The van der Waals surface area contributed by atoms with Crippen molar-refractivity contribution in [2.75, 3.05) is 13.7 Å². The average Bonchev–Trinajstić information content (AvgIpc) is 2.34. The molecule has 0 aromatic heterocycles. The minimum atomic E-state index is 0. The Bertz CT molecular complexity index is 461. The lowest BCUT2D eigenvalue weighted by Crippen LogP contribution is -2.32. The maximum atomic E-state index is 9.60. The summed E-state index contributed by atoms with van der Waals surface area (Å²) in [5.41, 5.74) is 7.51. The molecule has 0 atom stereocenters. The molecular weight excluding hydrogens is 357 g/mol.